The summed E-state index contributed by atoms with van der Waals surface area (Å²) in [6.07, 6.45) is -0.374. The molecule has 1 aromatic rings. The lowest BCUT2D eigenvalue weighted by atomic mass is 10.2. The number of nitrogens with one attached hydrogen (secondary N) is 1. The summed E-state index contributed by atoms with van der Waals surface area (Å²) in [6.45, 7) is 2.97. The second-order valence-electron chi connectivity index (χ2n) is 4.63. The summed E-state index contributed by atoms with van der Waals surface area (Å²) in [5.41, 5.74) is 0. The van der Waals surface area contributed by atoms with E-state index in [0.29, 0.717) is 26.3 Å². The molecule has 20 heavy (non-hydrogen) atoms. The van der Waals surface area contributed by atoms with E-state index in [1.54, 1.807) is 11.9 Å². The van der Waals surface area contributed by atoms with Crippen molar-refractivity contribution in [1.29, 1.82) is 0 Å². The standard InChI is InChI=1S/C14H19BrN2O3/c1-17(14(18)13-10-16-6-8-20-13)7-9-19-12-4-2-11(15)3-5-12/h2-5,13,16H,6-10H2,1H3. The minimum absolute atomic E-state index is 0.00314. The number of hydrogen-bond acceptors (Lipinski definition) is 4. The second kappa shape index (κ2) is 7.61. The topological polar surface area (TPSA) is 50.8 Å². The highest BCUT2D eigenvalue weighted by atomic mass is 79.9. The lowest BCUT2D eigenvalue weighted by Gasteiger charge is -2.27. The summed E-state index contributed by atoms with van der Waals surface area (Å²) in [4.78, 5) is 13.7. The first-order valence-corrected chi connectivity index (χ1v) is 7.42. The lowest BCUT2D eigenvalue weighted by Crippen LogP contribution is -2.49. The fourth-order valence-corrected chi connectivity index (χ4v) is 2.18. The zero-order valence-electron chi connectivity index (χ0n) is 11.5. The molecule has 1 unspecified atom stereocenters. The van der Waals surface area contributed by atoms with E-state index in [2.05, 4.69) is 21.2 Å². The number of rotatable bonds is 5. The lowest BCUT2D eigenvalue weighted by molar-refractivity contribution is -0.144. The molecule has 110 valence electrons. The Hall–Kier alpha value is -1.11. The zero-order valence-corrected chi connectivity index (χ0v) is 13.1. The number of morpholine rings is 1. The Morgan fingerprint density at radius 1 is 1.50 bits per heavy atom. The Morgan fingerprint density at radius 2 is 2.25 bits per heavy atom. The van der Waals surface area contributed by atoms with E-state index in [1.807, 2.05) is 24.3 Å². The number of likely N-dealkylation sites (N-methyl/N-ethyl adjacent to an activating group) is 1. The zero-order chi connectivity index (χ0) is 14.4. The Balaban J connectivity index is 1.72. The van der Waals surface area contributed by atoms with E-state index in [-0.39, 0.29) is 12.0 Å². The first-order valence-electron chi connectivity index (χ1n) is 6.62. The predicted octanol–water partition coefficient (Wildman–Crippen LogP) is 1.27. The summed E-state index contributed by atoms with van der Waals surface area (Å²) in [6, 6.07) is 7.62. The monoisotopic (exact) mass is 342 g/mol. The summed E-state index contributed by atoms with van der Waals surface area (Å²) in [5, 5.41) is 3.15. The van der Waals surface area contributed by atoms with E-state index in [0.717, 1.165) is 16.8 Å². The van der Waals surface area contributed by atoms with E-state index < -0.39 is 0 Å². The van der Waals surface area contributed by atoms with Crippen LogP contribution in [0.4, 0.5) is 0 Å². The molecule has 0 saturated carbocycles. The van der Waals surface area contributed by atoms with Crippen molar-refractivity contribution in [3.8, 4) is 5.75 Å². The van der Waals surface area contributed by atoms with Gasteiger partial charge in [0.25, 0.3) is 5.91 Å². The van der Waals surface area contributed by atoms with Crippen molar-refractivity contribution >= 4 is 21.8 Å². The maximum absolute atomic E-state index is 12.1. The third kappa shape index (κ3) is 4.47. The number of carbonyl (C=O) groups is 1. The van der Waals surface area contributed by atoms with Gasteiger partial charge in [0.05, 0.1) is 13.2 Å². The highest BCUT2D eigenvalue weighted by Crippen LogP contribution is 2.15. The number of carbonyl (C=O) groups excluding carboxylic acids is 1. The Morgan fingerprint density at radius 3 is 2.90 bits per heavy atom. The van der Waals surface area contributed by atoms with E-state index in [1.165, 1.54) is 0 Å². The molecule has 0 bridgehead atoms. The van der Waals surface area contributed by atoms with Crippen LogP contribution in [0.25, 0.3) is 0 Å². The SMILES string of the molecule is CN(CCOc1ccc(Br)cc1)C(=O)C1CNCCO1. The van der Waals surface area contributed by atoms with E-state index in [9.17, 15) is 4.79 Å². The van der Waals surface area contributed by atoms with Crippen LogP contribution < -0.4 is 10.1 Å². The van der Waals surface area contributed by atoms with Crippen LogP contribution in [-0.2, 0) is 9.53 Å². The van der Waals surface area contributed by atoms with Gasteiger partial charge in [-0.05, 0) is 24.3 Å². The van der Waals surface area contributed by atoms with Crippen LogP contribution in [0.2, 0.25) is 0 Å². The van der Waals surface area contributed by atoms with Crippen LogP contribution in [0.1, 0.15) is 0 Å². The summed E-state index contributed by atoms with van der Waals surface area (Å²) in [5.74, 6) is 0.793. The van der Waals surface area contributed by atoms with Crippen molar-refractivity contribution in [3.05, 3.63) is 28.7 Å². The molecule has 1 aliphatic rings. The van der Waals surface area contributed by atoms with Crippen molar-refractivity contribution in [2.24, 2.45) is 0 Å². The van der Waals surface area contributed by atoms with Crippen molar-refractivity contribution in [2.75, 3.05) is 39.9 Å². The van der Waals surface area contributed by atoms with Crippen molar-refractivity contribution in [1.82, 2.24) is 10.2 Å². The van der Waals surface area contributed by atoms with Crippen LogP contribution in [0, 0.1) is 0 Å². The minimum Gasteiger partial charge on any atom is -0.492 e. The largest absolute Gasteiger partial charge is 0.492 e. The maximum Gasteiger partial charge on any atom is 0.252 e. The molecule has 1 fully saturated rings. The molecule has 0 spiro atoms. The molecule has 6 heteroatoms. The first kappa shape index (κ1) is 15.3. The molecule has 1 aromatic carbocycles. The number of amides is 1. The maximum atomic E-state index is 12.1. The molecule has 1 amide bonds. The van der Waals surface area contributed by atoms with Gasteiger partial charge in [0, 0.05) is 24.6 Å². The molecule has 5 nitrogen and oxygen atoms in total. The van der Waals surface area contributed by atoms with Gasteiger partial charge in [-0.15, -0.1) is 0 Å². The molecule has 1 aliphatic heterocycles. The number of benzene rings is 1. The van der Waals surface area contributed by atoms with Crippen LogP contribution in [0.15, 0.2) is 28.7 Å². The first-order chi connectivity index (χ1) is 9.66. The fraction of sp³-hybridized carbons (Fsp3) is 0.500. The summed E-state index contributed by atoms with van der Waals surface area (Å²) < 4.78 is 12.0. The highest BCUT2D eigenvalue weighted by Gasteiger charge is 2.24. The average molecular weight is 343 g/mol. The van der Waals surface area contributed by atoms with Gasteiger partial charge in [-0.1, -0.05) is 15.9 Å². The Kier molecular flexibility index (Phi) is 5.82. The van der Waals surface area contributed by atoms with Crippen molar-refractivity contribution in [2.45, 2.75) is 6.10 Å². The molecule has 0 aliphatic carbocycles. The molecule has 1 atom stereocenters. The summed E-state index contributed by atoms with van der Waals surface area (Å²) >= 11 is 3.37. The predicted molar refractivity (Wildman–Crippen MR) is 79.9 cm³/mol. The van der Waals surface area contributed by atoms with E-state index in [4.69, 9.17) is 9.47 Å². The number of nitrogens with zero attached hydrogens (tertiary/aromatic N) is 1. The quantitative estimate of drug-likeness (QED) is 0.875. The Labute approximate surface area is 127 Å². The third-order valence-corrected chi connectivity index (χ3v) is 3.62. The van der Waals surface area contributed by atoms with Crippen LogP contribution in [-0.4, -0.2) is 56.8 Å². The normalized spacial score (nSPS) is 18.6. The van der Waals surface area contributed by atoms with Crippen LogP contribution in [0.5, 0.6) is 5.75 Å². The second-order valence-corrected chi connectivity index (χ2v) is 5.54. The number of halogens is 1. The number of hydrogen-bond donors (Lipinski definition) is 1. The average Bonchev–Trinajstić information content (AvgIpc) is 2.49. The van der Waals surface area contributed by atoms with E-state index >= 15 is 0 Å². The smallest absolute Gasteiger partial charge is 0.252 e. The van der Waals surface area contributed by atoms with Gasteiger partial charge in [-0.3, -0.25) is 4.79 Å². The van der Waals surface area contributed by atoms with Crippen molar-refractivity contribution < 1.29 is 14.3 Å². The van der Waals surface area contributed by atoms with Gasteiger partial charge in [0.15, 0.2) is 0 Å². The summed E-state index contributed by atoms with van der Waals surface area (Å²) in [7, 11) is 1.77. The van der Waals surface area contributed by atoms with Gasteiger partial charge in [0.2, 0.25) is 0 Å². The van der Waals surface area contributed by atoms with Gasteiger partial charge in [-0.25, -0.2) is 0 Å². The molecule has 1 heterocycles. The molecular formula is C14H19BrN2O3. The fourth-order valence-electron chi connectivity index (χ4n) is 1.91. The molecule has 2 rings (SSSR count). The van der Waals surface area contributed by atoms with Crippen molar-refractivity contribution in [3.63, 3.8) is 0 Å². The van der Waals surface area contributed by atoms with Gasteiger partial charge in [0.1, 0.15) is 18.5 Å². The van der Waals surface area contributed by atoms with Gasteiger partial charge in [-0.2, -0.15) is 0 Å². The molecule has 0 aromatic heterocycles. The molecule has 1 N–H and O–H groups in total. The molecular weight excluding hydrogens is 324 g/mol. The minimum atomic E-state index is -0.374. The van der Waals surface area contributed by atoms with Gasteiger partial charge < -0.3 is 19.7 Å². The molecule has 1 saturated heterocycles. The van der Waals surface area contributed by atoms with Crippen LogP contribution in [0.3, 0.4) is 0 Å². The molecule has 0 radical (unpaired) electrons. The highest BCUT2D eigenvalue weighted by molar-refractivity contribution is 9.10. The Bertz CT molecular complexity index is 433. The van der Waals surface area contributed by atoms with Gasteiger partial charge >= 0.3 is 0 Å². The third-order valence-electron chi connectivity index (χ3n) is 3.09. The number of ether oxygens (including phenoxy) is 2. The van der Waals surface area contributed by atoms with Crippen LogP contribution >= 0.6 is 15.9 Å².